The summed E-state index contributed by atoms with van der Waals surface area (Å²) in [5.74, 6) is 1.06. The summed E-state index contributed by atoms with van der Waals surface area (Å²) in [4.78, 5) is 18.7. The van der Waals surface area contributed by atoms with Crippen molar-refractivity contribution in [3.05, 3.63) is 107 Å². The molecular weight excluding hydrogens is 645 g/mol. The number of hydrogen-bond donors (Lipinski definition) is 1. The topological polar surface area (TPSA) is 112 Å². The van der Waals surface area contributed by atoms with E-state index >= 15 is 0 Å². The van der Waals surface area contributed by atoms with Crippen LogP contribution in [0.3, 0.4) is 0 Å². The molecule has 5 rings (SSSR count). The number of nitrogens with one attached hydrogen (secondary N) is 1. The first kappa shape index (κ1) is 37.0. The number of rotatable bonds is 17. The SMILES string of the molecule is O=C1C(Cc2ccc(OCCCCCCCCCCS(=O)(=O)[O-])c(Cl)c2)Nc2c(Cc3ccccc3)nc(-c3ccccc3)c[n+]21.[Na+]. The maximum Gasteiger partial charge on any atom is 1.00 e. The largest absolute Gasteiger partial charge is 1.00 e. The van der Waals surface area contributed by atoms with Gasteiger partial charge in [0.1, 0.15) is 23.3 Å². The Bertz CT molecular complexity index is 1730. The summed E-state index contributed by atoms with van der Waals surface area (Å²) < 4.78 is 39.6. The van der Waals surface area contributed by atoms with Crippen LogP contribution in [-0.2, 0) is 23.0 Å². The number of benzene rings is 3. The second kappa shape index (κ2) is 18.1. The Labute approximate surface area is 305 Å². The molecule has 1 aliphatic rings. The number of aromatic nitrogens is 2. The van der Waals surface area contributed by atoms with Gasteiger partial charge in [-0.2, -0.15) is 4.57 Å². The van der Waals surface area contributed by atoms with Crippen LogP contribution < -0.4 is 44.2 Å². The van der Waals surface area contributed by atoms with E-state index < -0.39 is 16.2 Å². The van der Waals surface area contributed by atoms with Crippen LogP contribution in [-0.4, -0.2) is 42.3 Å². The van der Waals surface area contributed by atoms with Crippen molar-refractivity contribution in [3.63, 3.8) is 0 Å². The molecule has 4 aromatic rings. The summed E-state index contributed by atoms with van der Waals surface area (Å²) in [7, 11) is -4.09. The van der Waals surface area contributed by atoms with Crippen molar-refractivity contribution < 1.29 is 56.6 Å². The van der Waals surface area contributed by atoms with Crippen LogP contribution >= 0.6 is 11.6 Å². The zero-order valence-electron chi connectivity index (χ0n) is 26.9. The first-order chi connectivity index (χ1) is 22.3. The molecule has 242 valence electrons. The fourth-order valence-electron chi connectivity index (χ4n) is 5.72. The summed E-state index contributed by atoms with van der Waals surface area (Å²) in [6.45, 7) is 0.565. The third kappa shape index (κ3) is 11.1. The zero-order valence-corrected chi connectivity index (χ0v) is 30.4. The average Bonchev–Trinajstić information content (AvgIpc) is 3.36. The summed E-state index contributed by atoms with van der Waals surface area (Å²) in [6, 6.07) is 25.3. The number of fused-ring (bicyclic) bond motifs is 1. The van der Waals surface area contributed by atoms with E-state index in [0.717, 1.165) is 78.8 Å². The fraction of sp³-hybridized carbons (Fsp3) is 0.361. The number of carbonyl (C=O) groups excluding carboxylic acids is 1. The Kier molecular flexibility index (Phi) is 14.3. The minimum absolute atomic E-state index is 0. The molecule has 47 heavy (non-hydrogen) atoms. The summed E-state index contributed by atoms with van der Waals surface area (Å²) in [6.07, 6.45) is 10.2. The van der Waals surface area contributed by atoms with Gasteiger partial charge in [0, 0.05) is 24.2 Å². The molecule has 0 aliphatic carbocycles. The molecule has 0 bridgehead atoms. The van der Waals surface area contributed by atoms with Gasteiger partial charge in [0.2, 0.25) is 0 Å². The van der Waals surface area contributed by atoms with E-state index in [2.05, 4.69) is 17.4 Å². The van der Waals surface area contributed by atoms with Crippen LogP contribution in [0.4, 0.5) is 5.82 Å². The van der Waals surface area contributed by atoms with Crippen molar-refractivity contribution in [2.75, 3.05) is 17.7 Å². The molecule has 0 fully saturated rings. The second-order valence-electron chi connectivity index (χ2n) is 11.8. The molecule has 11 heteroatoms. The van der Waals surface area contributed by atoms with Crippen LogP contribution in [0.5, 0.6) is 5.75 Å². The van der Waals surface area contributed by atoms with Gasteiger partial charge in [0.05, 0.1) is 21.7 Å². The Balaban J connectivity index is 0.00000500. The van der Waals surface area contributed by atoms with Crippen molar-refractivity contribution >= 4 is 33.4 Å². The van der Waals surface area contributed by atoms with Crippen molar-refractivity contribution in [1.29, 1.82) is 0 Å². The van der Waals surface area contributed by atoms with Crippen LogP contribution in [0.1, 0.15) is 73.0 Å². The molecule has 0 saturated carbocycles. The Hall–Kier alpha value is -2.79. The van der Waals surface area contributed by atoms with E-state index in [9.17, 15) is 17.8 Å². The van der Waals surface area contributed by atoms with Gasteiger partial charge < -0.3 is 9.29 Å². The van der Waals surface area contributed by atoms with Gasteiger partial charge in [-0.1, -0.05) is 117 Å². The number of carbonyl (C=O) groups is 1. The minimum atomic E-state index is -4.09. The van der Waals surface area contributed by atoms with E-state index in [-0.39, 0.29) is 41.2 Å². The molecular formula is C36H40ClN3NaO5S+. The van der Waals surface area contributed by atoms with Gasteiger partial charge in [-0.15, -0.1) is 0 Å². The van der Waals surface area contributed by atoms with Crippen molar-refractivity contribution in [1.82, 2.24) is 4.98 Å². The van der Waals surface area contributed by atoms with Gasteiger partial charge in [-0.05, 0) is 36.1 Å². The molecule has 2 heterocycles. The quantitative estimate of drug-likeness (QED) is 0.0775. The normalized spacial score (nSPS) is 13.9. The third-order valence-electron chi connectivity index (χ3n) is 8.13. The van der Waals surface area contributed by atoms with Gasteiger partial charge in [0.15, 0.2) is 6.04 Å². The molecule has 0 spiro atoms. The van der Waals surface area contributed by atoms with E-state index in [0.29, 0.717) is 36.6 Å². The van der Waals surface area contributed by atoms with E-state index in [4.69, 9.17) is 21.3 Å². The van der Waals surface area contributed by atoms with Crippen molar-refractivity contribution in [2.24, 2.45) is 0 Å². The molecule has 1 N–H and O–H groups in total. The second-order valence-corrected chi connectivity index (χ2v) is 13.7. The number of unbranched alkanes of at least 4 members (excludes halogenated alkanes) is 7. The number of ether oxygens (including phenoxy) is 1. The molecule has 0 amide bonds. The Morgan fingerprint density at radius 2 is 1.49 bits per heavy atom. The maximum atomic E-state index is 13.7. The van der Waals surface area contributed by atoms with Crippen molar-refractivity contribution in [2.45, 2.75) is 70.3 Å². The first-order valence-electron chi connectivity index (χ1n) is 16.0. The van der Waals surface area contributed by atoms with Gasteiger partial charge >= 0.3 is 41.3 Å². The number of anilines is 1. The molecule has 1 aliphatic heterocycles. The molecule has 0 saturated heterocycles. The Morgan fingerprint density at radius 1 is 0.851 bits per heavy atom. The third-order valence-corrected chi connectivity index (χ3v) is 9.22. The first-order valence-corrected chi connectivity index (χ1v) is 17.9. The Morgan fingerprint density at radius 3 is 2.15 bits per heavy atom. The van der Waals surface area contributed by atoms with Crippen LogP contribution in [0, 0.1) is 0 Å². The van der Waals surface area contributed by atoms with Gasteiger partial charge in [-0.3, -0.25) is 5.32 Å². The van der Waals surface area contributed by atoms with Crippen LogP contribution in [0.15, 0.2) is 85.1 Å². The molecule has 8 nitrogen and oxygen atoms in total. The number of halogens is 1. The maximum absolute atomic E-state index is 13.7. The molecule has 1 aromatic heterocycles. The predicted octanol–water partition coefficient (Wildman–Crippen LogP) is 4.01. The molecule has 3 aromatic carbocycles. The molecule has 0 radical (unpaired) electrons. The smallest absolute Gasteiger partial charge is 0.748 e. The summed E-state index contributed by atoms with van der Waals surface area (Å²) in [5.41, 5.74) is 4.58. The van der Waals surface area contributed by atoms with Gasteiger partial charge in [-0.25, -0.2) is 18.2 Å². The fourth-order valence-corrected chi connectivity index (χ4v) is 6.54. The summed E-state index contributed by atoms with van der Waals surface area (Å²) >= 11 is 6.59. The minimum Gasteiger partial charge on any atom is -0.748 e. The zero-order chi connectivity index (χ0) is 32.4. The van der Waals surface area contributed by atoms with E-state index in [1.807, 2.05) is 72.9 Å². The standard InChI is InChI=1S/C36H40ClN3O5S.Na/c37-30-23-28(19-20-34(30)45-21-13-5-3-1-2-4-6-14-22-46(42,43)44)25-32-36(41)40-26-33(29-17-11-8-12-18-29)38-31(35(40)39-32)24-27-15-9-7-10-16-27;/h7-12,15-20,23,26,32H,1-6,13-14,21-22,24-25H2,(H,42,43,44);/q;+1. The summed E-state index contributed by atoms with van der Waals surface area (Å²) in [5, 5.41) is 3.97. The molecule has 1 atom stereocenters. The van der Waals surface area contributed by atoms with Crippen LogP contribution in [0.2, 0.25) is 5.02 Å². The average molecular weight is 685 g/mol. The van der Waals surface area contributed by atoms with Crippen LogP contribution in [0.25, 0.3) is 11.3 Å². The monoisotopic (exact) mass is 684 g/mol. The van der Waals surface area contributed by atoms with Crippen molar-refractivity contribution in [3.8, 4) is 17.0 Å². The number of nitrogens with zero attached hydrogens (tertiary/aromatic N) is 2. The van der Waals surface area contributed by atoms with E-state index in [1.165, 1.54) is 0 Å². The predicted molar refractivity (Wildman–Crippen MR) is 179 cm³/mol. The number of hydrogen-bond acceptors (Lipinski definition) is 7. The van der Waals surface area contributed by atoms with E-state index in [1.54, 1.807) is 4.57 Å². The molecule has 1 unspecified atom stereocenters. The van der Waals surface area contributed by atoms with Gasteiger partial charge in [0.25, 0.3) is 0 Å².